The number of hydrogen-bond acceptors (Lipinski definition) is 4. The second-order valence-corrected chi connectivity index (χ2v) is 5.34. The number of hydrogen-bond donors (Lipinski definition) is 2. The summed E-state index contributed by atoms with van der Waals surface area (Å²) in [6.07, 6.45) is 2.29. The van der Waals surface area contributed by atoms with E-state index < -0.39 is 5.91 Å². The molecule has 0 saturated carbocycles. The van der Waals surface area contributed by atoms with Crippen LogP contribution in [-0.2, 0) is 0 Å². The molecule has 0 bridgehead atoms. The first kappa shape index (κ1) is 17.5. The highest BCUT2D eigenvalue weighted by atomic mass is 16.5. The first-order chi connectivity index (χ1) is 11.5. The van der Waals surface area contributed by atoms with Crippen molar-refractivity contribution >= 4 is 17.5 Å². The molecule has 0 saturated heterocycles. The van der Waals surface area contributed by atoms with Crippen LogP contribution >= 0.6 is 0 Å². The molecule has 0 atom stereocenters. The summed E-state index contributed by atoms with van der Waals surface area (Å²) in [5, 5.41) is 5.54. The minimum atomic E-state index is -0.399. The number of rotatable bonds is 6. The number of aromatic nitrogens is 1. The third-order valence-corrected chi connectivity index (χ3v) is 3.39. The van der Waals surface area contributed by atoms with Gasteiger partial charge in [0, 0.05) is 18.3 Å². The average molecular weight is 327 g/mol. The number of carbonyl (C=O) groups excluding carboxylic acids is 2. The van der Waals surface area contributed by atoms with Gasteiger partial charge < -0.3 is 15.4 Å². The van der Waals surface area contributed by atoms with E-state index in [9.17, 15) is 9.59 Å². The number of pyridine rings is 1. The van der Waals surface area contributed by atoms with Gasteiger partial charge in [-0.3, -0.25) is 14.6 Å². The SMILES string of the molecule is CCCNC(=O)c1ccnc(C(=O)Nc2cc(C)ccc2OC)c1. The molecule has 1 aromatic heterocycles. The molecule has 2 N–H and O–H groups in total. The Kier molecular flexibility index (Phi) is 5.89. The number of amides is 2. The summed E-state index contributed by atoms with van der Waals surface area (Å²) in [7, 11) is 1.54. The highest BCUT2D eigenvalue weighted by molar-refractivity contribution is 6.05. The second-order valence-electron chi connectivity index (χ2n) is 5.34. The maximum Gasteiger partial charge on any atom is 0.274 e. The quantitative estimate of drug-likeness (QED) is 0.855. The van der Waals surface area contributed by atoms with E-state index in [4.69, 9.17) is 4.74 Å². The normalized spacial score (nSPS) is 10.1. The lowest BCUT2D eigenvalue weighted by Gasteiger charge is -2.11. The Morgan fingerprint density at radius 2 is 1.96 bits per heavy atom. The molecule has 126 valence electrons. The number of ether oxygens (including phenoxy) is 1. The Hall–Kier alpha value is -2.89. The van der Waals surface area contributed by atoms with Crippen molar-refractivity contribution in [3.05, 3.63) is 53.3 Å². The molecule has 24 heavy (non-hydrogen) atoms. The van der Waals surface area contributed by atoms with Gasteiger partial charge in [-0.2, -0.15) is 0 Å². The van der Waals surface area contributed by atoms with Crippen LogP contribution in [0.3, 0.4) is 0 Å². The van der Waals surface area contributed by atoms with Crippen LogP contribution in [0.2, 0.25) is 0 Å². The Labute approximate surface area is 141 Å². The van der Waals surface area contributed by atoms with Gasteiger partial charge in [0.05, 0.1) is 12.8 Å². The van der Waals surface area contributed by atoms with Gasteiger partial charge in [-0.05, 0) is 43.2 Å². The summed E-state index contributed by atoms with van der Waals surface area (Å²) < 4.78 is 5.24. The lowest BCUT2D eigenvalue weighted by atomic mass is 10.2. The van der Waals surface area contributed by atoms with E-state index >= 15 is 0 Å². The van der Waals surface area contributed by atoms with Crippen LogP contribution < -0.4 is 15.4 Å². The molecule has 2 rings (SSSR count). The van der Waals surface area contributed by atoms with Crippen molar-refractivity contribution in [1.82, 2.24) is 10.3 Å². The van der Waals surface area contributed by atoms with E-state index in [2.05, 4.69) is 15.6 Å². The molecule has 6 heteroatoms. The Bertz CT molecular complexity index is 744. The number of benzene rings is 1. The number of nitrogens with one attached hydrogen (secondary N) is 2. The number of nitrogens with zero attached hydrogens (tertiary/aromatic N) is 1. The zero-order chi connectivity index (χ0) is 17.5. The number of carbonyl (C=O) groups is 2. The molecular weight excluding hydrogens is 306 g/mol. The molecule has 0 fully saturated rings. The van der Waals surface area contributed by atoms with Crippen LogP contribution in [0.5, 0.6) is 5.75 Å². The van der Waals surface area contributed by atoms with Crippen molar-refractivity contribution in [2.45, 2.75) is 20.3 Å². The maximum absolute atomic E-state index is 12.4. The fraction of sp³-hybridized carbons (Fsp3) is 0.278. The zero-order valence-electron chi connectivity index (χ0n) is 14.1. The zero-order valence-corrected chi connectivity index (χ0v) is 14.1. The van der Waals surface area contributed by atoms with Crippen LogP contribution in [-0.4, -0.2) is 30.5 Å². The maximum atomic E-state index is 12.4. The Balaban J connectivity index is 2.19. The Morgan fingerprint density at radius 3 is 2.67 bits per heavy atom. The molecule has 0 aliphatic carbocycles. The van der Waals surface area contributed by atoms with E-state index in [1.54, 1.807) is 12.1 Å². The summed E-state index contributed by atoms with van der Waals surface area (Å²) in [5.41, 5.74) is 2.12. The van der Waals surface area contributed by atoms with Crippen LogP contribution in [0, 0.1) is 6.92 Å². The second kappa shape index (κ2) is 8.10. The summed E-state index contributed by atoms with van der Waals surface area (Å²) in [6.45, 7) is 4.48. The average Bonchev–Trinajstić information content (AvgIpc) is 2.60. The molecule has 2 amide bonds. The fourth-order valence-corrected chi connectivity index (χ4v) is 2.14. The van der Waals surface area contributed by atoms with Crippen LogP contribution in [0.4, 0.5) is 5.69 Å². The van der Waals surface area contributed by atoms with Gasteiger partial charge in [0.2, 0.25) is 0 Å². The first-order valence-corrected chi connectivity index (χ1v) is 7.75. The molecule has 0 unspecified atom stereocenters. The van der Waals surface area contributed by atoms with Crippen molar-refractivity contribution in [2.24, 2.45) is 0 Å². The van der Waals surface area contributed by atoms with Gasteiger partial charge in [0.1, 0.15) is 11.4 Å². The van der Waals surface area contributed by atoms with Gasteiger partial charge >= 0.3 is 0 Å². The van der Waals surface area contributed by atoms with E-state index in [1.807, 2.05) is 26.0 Å². The molecular formula is C18H21N3O3. The molecule has 2 aromatic rings. The predicted octanol–water partition coefficient (Wildman–Crippen LogP) is 2.79. The molecule has 0 aliphatic heterocycles. The summed E-state index contributed by atoms with van der Waals surface area (Å²) in [4.78, 5) is 28.5. The summed E-state index contributed by atoms with van der Waals surface area (Å²) >= 11 is 0. The number of aryl methyl sites for hydroxylation is 1. The van der Waals surface area contributed by atoms with E-state index in [0.717, 1.165) is 12.0 Å². The molecule has 0 aliphatic rings. The van der Waals surface area contributed by atoms with Crippen molar-refractivity contribution in [1.29, 1.82) is 0 Å². The largest absolute Gasteiger partial charge is 0.495 e. The summed E-state index contributed by atoms with van der Waals surface area (Å²) in [6, 6.07) is 8.55. The highest BCUT2D eigenvalue weighted by Crippen LogP contribution is 2.25. The van der Waals surface area contributed by atoms with E-state index in [-0.39, 0.29) is 11.6 Å². The van der Waals surface area contributed by atoms with Crippen molar-refractivity contribution in [3.63, 3.8) is 0 Å². The smallest absolute Gasteiger partial charge is 0.274 e. The number of methoxy groups -OCH3 is 1. The van der Waals surface area contributed by atoms with Crippen molar-refractivity contribution < 1.29 is 14.3 Å². The topological polar surface area (TPSA) is 80.3 Å². The van der Waals surface area contributed by atoms with Gasteiger partial charge in [-0.25, -0.2) is 0 Å². The van der Waals surface area contributed by atoms with Crippen LogP contribution in [0.15, 0.2) is 36.5 Å². The lowest BCUT2D eigenvalue weighted by molar-refractivity contribution is 0.0953. The van der Waals surface area contributed by atoms with Gasteiger partial charge in [0.15, 0.2) is 0 Å². The molecule has 0 spiro atoms. The fourth-order valence-electron chi connectivity index (χ4n) is 2.14. The molecule has 0 radical (unpaired) electrons. The van der Waals surface area contributed by atoms with Gasteiger partial charge in [0.25, 0.3) is 11.8 Å². The monoisotopic (exact) mass is 327 g/mol. The van der Waals surface area contributed by atoms with Crippen LogP contribution in [0.25, 0.3) is 0 Å². The number of anilines is 1. The molecule has 1 aromatic carbocycles. The van der Waals surface area contributed by atoms with Crippen molar-refractivity contribution in [2.75, 3.05) is 19.0 Å². The lowest BCUT2D eigenvalue weighted by Crippen LogP contribution is -2.24. The van der Waals surface area contributed by atoms with Crippen LogP contribution in [0.1, 0.15) is 39.8 Å². The van der Waals surface area contributed by atoms with Crippen molar-refractivity contribution in [3.8, 4) is 5.75 Å². The van der Waals surface area contributed by atoms with E-state index in [0.29, 0.717) is 23.5 Å². The third kappa shape index (κ3) is 4.32. The molecule has 6 nitrogen and oxygen atoms in total. The first-order valence-electron chi connectivity index (χ1n) is 7.75. The standard InChI is InChI=1S/C18H21N3O3/c1-4-8-20-17(22)13-7-9-19-15(11-13)18(23)21-14-10-12(2)5-6-16(14)24-3/h5-7,9-11H,4,8H2,1-3H3,(H,20,22)(H,21,23). The minimum absolute atomic E-state index is 0.169. The third-order valence-electron chi connectivity index (χ3n) is 3.39. The predicted molar refractivity (Wildman–Crippen MR) is 92.5 cm³/mol. The van der Waals surface area contributed by atoms with E-state index in [1.165, 1.54) is 19.4 Å². The summed E-state index contributed by atoms with van der Waals surface area (Å²) in [5.74, 6) is -0.0590. The highest BCUT2D eigenvalue weighted by Gasteiger charge is 2.14. The minimum Gasteiger partial charge on any atom is -0.495 e. The van der Waals surface area contributed by atoms with Gasteiger partial charge in [-0.15, -0.1) is 0 Å². The molecule has 1 heterocycles. The van der Waals surface area contributed by atoms with Gasteiger partial charge in [-0.1, -0.05) is 13.0 Å². The Morgan fingerprint density at radius 1 is 1.17 bits per heavy atom.